The van der Waals surface area contributed by atoms with E-state index >= 15 is 0 Å². The summed E-state index contributed by atoms with van der Waals surface area (Å²) in [4.78, 5) is 40.5. The lowest BCUT2D eigenvalue weighted by Gasteiger charge is -2.49. The Bertz CT molecular complexity index is 798. The first-order valence-corrected chi connectivity index (χ1v) is 12.0. The van der Waals surface area contributed by atoms with Crippen LogP contribution in [0.1, 0.15) is 58.3 Å². The summed E-state index contributed by atoms with van der Waals surface area (Å²) in [6.45, 7) is 2.05. The maximum absolute atomic E-state index is 12.6. The molecule has 34 heavy (non-hydrogen) atoms. The second kappa shape index (κ2) is 12.5. The smallest absolute Gasteiger partial charge is 0.323 e. The average molecular weight is 499 g/mol. The van der Waals surface area contributed by atoms with Crippen molar-refractivity contribution in [2.45, 2.75) is 76.5 Å². The number of amidine groups is 1. The summed E-state index contributed by atoms with van der Waals surface area (Å²) in [5.41, 5.74) is 6.26. The van der Waals surface area contributed by atoms with Gasteiger partial charge < -0.3 is 26.4 Å². The minimum atomic E-state index is -0.971. The van der Waals surface area contributed by atoms with E-state index in [0.29, 0.717) is 17.9 Å². The number of likely N-dealkylation sites (N-methyl/N-ethyl adjacent to an activating group) is 1. The molecule has 2 amide bonds. The normalized spacial score (nSPS) is 26.7. The minimum absolute atomic E-state index is 0. The Morgan fingerprint density at radius 2 is 1.88 bits per heavy atom. The van der Waals surface area contributed by atoms with Crippen LogP contribution in [0.4, 0.5) is 0 Å². The van der Waals surface area contributed by atoms with Gasteiger partial charge in [0.05, 0.1) is 18.2 Å². The van der Waals surface area contributed by atoms with Crippen molar-refractivity contribution in [2.24, 2.45) is 17.6 Å². The Morgan fingerprint density at radius 3 is 2.47 bits per heavy atom. The first kappa shape index (κ1) is 28.1. The molecule has 10 nitrogen and oxygen atoms in total. The number of nitrogens with zero attached hydrogens (tertiary/aromatic N) is 2. The van der Waals surface area contributed by atoms with Crippen LogP contribution in [0.15, 0.2) is 11.8 Å². The quantitative estimate of drug-likeness (QED) is 0.261. The zero-order valence-electron chi connectivity index (χ0n) is 20.1. The minimum Gasteiger partial charge on any atom is -0.480 e. The van der Waals surface area contributed by atoms with E-state index in [1.807, 2.05) is 0 Å². The fourth-order valence-electron chi connectivity index (χ4n) is 5.68. The fraction of sp³-hybridized carbons (Fsp3) is 0.739. The molecule has 3 rings (SSSR count). The number of hydrogen-bond donors (Lipinski definition) is 5. The van der Waals surface area contributed by atoms with Crippen LogP contribution in [0, 0.1) is 17.2 Å². The molecule has 0 radical (unpaired) electrons. The van der Waals surface area contributed by atoms with E-state index in [1.54, 1.807) is 25.1 Å². The number of carbonyl (C=O) groups is 3. The third-order valence-corrected chi connectivity index (χ3v) is 7.24. The van der Waals surface area contributed by atoms with Crippen LogP contribution >= 0.6 is 12.4 Å². The first-order valence-electron chi connectivity index (χ1n) is 12.0. The third-order valence-electron chi connectivity index (χ3n) is 7.24. The van der Waals surface area contributed by atoms with Crippen molar-refractivity contribution in [3.63, 3.8) is 0 Å². The molecule has 2 heterocycles. The SMILES string of the molecule is CNC(=O)[C@@H]1CCCN1C1C(C2CCCCC2)CC(C(=N)NC(=O)[C@H](C)N)=CN1CC(=O)O.Cl. The van der Waals surface area contributed by atoms with Crippen LogP contribution < -0.4 is 16.4 Å². The van der Waals surface area contributed by atoms with Gasteiger partial charge in [-0.3, -0.25) is 24.7 Å². The Kier molecular flexibility index (Phi) is 10.3. The lowest BCUT2D eigenvalue weighted by Crippen LogP contribution is -2.59. The van der Waals surface area contributed by atoms with Gasteiger partial charge in [0.2, 0.25) is 11.8 Å². The molecular weight excluding hydrogens is 460 g/mol. The molecule has 6 N–H and O–H groups in total. The lowest BCUT2D eigenvalue weighted by atomic mass is 9.73. The molecule has 0 spiro atoms. The first-order chi connectivity index (χ1) is 15.7. The Balaban J connectivity index is 0.00000408. The highest BCUT2D eigenvalue weighted by molar-refractivity contribution is 6.07. The molecule has 1 saturated carbocycles. The van der Waals surface area contributed by atoms with Crippen LogP contribution in [-0.2, 0) is 14.4 Å². The molecule has 2 aliphatic heterocycles. The Morgan fingerprint density at radius 1 is 1.21 bits per heavy atom. The highest BCUT2D eigenvalue weighted by atomic mass is 35.5. The van der Waals surface area contributed by atoms with E-state index < -0.39 is 17.9 Å². The van der Waals surface area contributed by atoms with Gasteiger partial charge in [-0.15, -0.1) is 12.4 Å². The number of nitrogens with two attached hydrogens (primary N) is 1. The number of likely N-dealkylation sites (tertiary alicyclic amines) is 1. The highest BCUT2D eigenvalue weighted by Gasteiger charge is 2.46. The van der Waals surface area contributed by atoms with Crippen LogP contribution in [0.2, 0.25) is 0 Å². The van der Waals surface area contributed by atoms with Crippen molar-refractivity contribution in [1.82, 2.24) is 20.4 Å². The summed E-state index contributed by atoms with van der Waals surface area (Å²) in [5, 5.41) is 23.5. The van der Waals surface area contributed by atoms with Crippen molar-refractivity contribution in [3.05, 3.63) is 11.8 Å². The molecule has 0 aromatic heterocycles. The molecule has 11 heteroatoms. The number of hydrogen-bond acceptors (Lipinski definition) is 7. The standard InChI is InChI=1S/C23H38N6O4.ClH/c1-14(24)21(32)27-20(25)16-11-17(15-7-4-3-5-8-15)23(28(12-16)13-19(30)31)29-10-6-9-18(29)22(33)26-2;/h12,14-15,17-18,23H,3-11,13,24H2,1-2H3,(H,26,33)(H,30,31)(H2,25,27,32);1H/t14-,17?,18-,23?;/m0./s1. The molecule has 0 aromatic carbocycles. The third kappa shape index (κ3) is 6.49. The van der Waals surface area contributed by atoms with Crippen LogP contribution in [0.25, 0.3) is 0 Å². The Labute approximate surface area is 207 Å². The van der Waals surface area contributed by atoms with Crippen molar-refractivity contribution in [3.8, 4) is 0 Å². The van der Waals surface area contributed by atoms with Gasteiger partial charge in [0.15, 0.2) is 0 Å². The summed E-state index contributed by atoms with van der Waals surface area (Å²) in [5.74, 6) is -1.06. The van der Waals surface area contributed by atoms with Gasteiger partial charge in [0, 0.05) is 25.4 Å². The van der Waals surface area contributed by atoms with Gasteiger partial charge in [-0.1, -0.05) is 32.1 Å². The molecule has 1 aliphatic carbocycles. The van der Waals surface area contributed by atoms with Crippen molar-refractivity contribution in [1.29, 1.82) is 5.41 Å². The van der Waals surface area contributed by atoms with Crippen LogP contribution in [-0.4, -0.2) is 76.9 Å². The molecule has 1 saturated heterocycles. The summed E-state index contributed by atoms with van der Waals surface area (Å²) in [6.07, 6.45) is 9.18. The number of carboxylic acid groups (broad SMARTS) is 1. The van der Waals surface area contributed by atoms with Crippen molar-refractivity contribution >= 4 is 36.0 Å². The monoisotopic (exact) mass is 498 g/mol. The summed E-state index contributed by atoms with van der Waals surface area (Å²) in [6, 6.07) is -1.04. The van der Waals surface area contributed by atoms with E-state index in [4.69, 9.17) is 11.1 Å². The number of carboxylic acids is 1. The lowest BCUT2D eigenvalue weighted by molar-refractivity contribution is -0.141. The van der Waals surface area contributed by atoms with Gasteiger partial charge in [0.25, 0.3) is 0 Å². The van der Waals surface area contributed by atoms with E-state index in [0.717, 1.165) is 45.1 Å². The van der Waals surface area contributed by atoms with Gasteiger partial charge >= 0.3 is 5.97 Å². The number of rotatable bonds is 7. The summed E-state index contributed by atoms with van der Waals surface area (Å²) in [7, 11) is 1.63. The maximum Gasteiger partial charge on any atom is 0.323 e. The zero-order valence-corrected chi connectivity index (χ0v) is 20.9. The molecule has 4 atom stereocenters. The molecule has 0 bridgehead atoms. The van der Waals surface area contributed by atoms with Crippen LogP contribution in [0.3, 0.4) is 0 Å². The molecular formula is C23H39ClN6O4. The number of amides is 2. The van der Waals surface area contributed by atoms with E-state index in [1.165, 1.54) is 6.42 Å². The number of nitrogens with one attached hydrogen (secondary N) is 3. The second-order valence-electron chi connectivity index (χ2n) is 9.56. The molecule has 3 aliphatic rings. The van der Waals surface area contributed by atoms with E-state index in [9.17, 15) is 19.5 Å². The average Bonchev–Trinajstić information content (AvgIpc) is 3.27. The predicted octanol–water partition coefficient (Wildman–Crippen LogP) is 1.26. The van der Waals surface area contributed by atoms with Crippen molar-refractivity contribution in [2.75, 3.05) is 20.1 Å². The largest absolute Gasteiger partial charge is 0.480 e. The molecule has 2 fully saturated rings. The summed E-state index contributed by atoms with van der Waals surface area (Å²) < 4.78 is 0. The second-order valence-corrected chi connectivity index (χ2v) is 9.56. The topological polar surface area (TPSA) is 152 Å². The van der Waals surface area contributed by atoms with Crippen LogP contribution in [0.5, 0.6) is 0 Å². The molecule has 192 valence electrons. The van der Waals surface area contributed by atoms with Crippen molar-refractivity contribution < 1.29 is 19.5 Å². The summed E-state index contributed by atoms with van der Waals surface area (Å²) >= 11 is 0. The zero-order chi connectivity index (χ0) is 24.1. The van der Waals surface area contributed by atoms with E-state index in [2.05, 4.69) is 15.5 Å². The van der Waals surface area contributed by atoms with Gasteiger partial charge in [-0.2, -0.15) is 0 Å². The fourth-order valence-corrected chi connectivity index (χ4v) is 5.68. The number of aliphatic carboxylic acids is 1. The molecule has 2 unspecified atom stereocenters. The Hall–Kier alpha value is -2.17. The predicted molar refractivity (Wildman–Crippen MR) is 131 cm³/mol. The van der Waals surface area contributed by atoms with Gasteiger partial charge in [-0.05, 0) is 38.0 Å². The van der Waals surface area contributed by atoms with Gasteiger partial charge in [0.1, 0.15) is 12.4 Å². The number of carbonyl (C=O) groups excluding carboxylic acids is 2. The molecule has 0 aromatic rings. The van der Waals surface area contributed by atoms with E-state index in [-0.39, 0.29) is 48.8 Å². The highest BCUT2D eigenvalue weighted by Crippen LogP contribution is 2.42. The maximum atomic E-state index is 12.6. The van der Waals surface area contributed by atoms with Gasteiger partial charge in [-0.25, -0.2) is 0 Å². The number of halogens is 1.